The third-order valence-corrected chi connectivity index (χ3v) is 6.31. The molecule has 1 fully saturated rings. The maximum absolute atomic E-state index is 13.8. The van der Waals surface area contributed by atoms with Crippen LogP contribution in [0, 0.1) is 11.6 Å². The van der Waals surface area contributed by atoms with Gasteiger partial charge < -0.3 is 19.9 Å². The van der Waals surface area contributed by atoms with Crippen molar-refractivity contribution in [3.63, 3.8) is 0 Å². The molecule has 33 heavy (non-hydrogen) atoms. The van der Waals surface area contributed by atoms with Crippen LogP contribution in [0.5, 0.6) is 5.75 Å². The standard InChI is InChI=1S/C22H24F2N2O6S/c1-33(29,30)26-14-3-5-19-16(7-14)17-8-15(31-20(11-27)22(17)32-19)9-21(28)25-10-12-6-13(23)2-4-18(12)24/h2-7,15,17,20,22,26-27H,8-11H2,1H3,(H,25,28)/t15-,17+,20+,22-/m0/s1. The summed E-state index contributed by atoms with van der Waals surface area (Å²) in [6.45, 7) is -0.493. The van der Waals surface area contributed by atoms with Gasteiger partial charge in [0.15, 0.2) is 0 Å². The lowest BCUT2D eigenvalue weighted by atomic mass is 9.84. The second kappa shape index (κ2) is 9.24. The zero-order valence-corrected chi connectivity index (χ0v) is 18.6. The Balaban J connectivity index is 1.44. The molecule has 1 amide bonds. The van der Waals surface area contributed by atoms with Crippen molar-refractivity contribution in [3.8, 4) is 5.75 Å². The first kappa shape index (κ1) is 23.4. The first-order valence-corrected chi connectivity index (χ1v) is 12.3. The zero-order chi connectivity index (χ0) is 23.8. The van der Waals surface area contributed by atoms with Gasteiger partial charge in [0.05, 0.1) is 25.4 Å². The maximum Gasteiger partial charge on any atom is 0.229 e. The predicted molar refractivity (Wildman–Crippen MR) is 115 cm³/mol. The number of amides is 1. The van der Waals surface area contributed by atoms with E-state index in [2.05, 4.69) is 10.0 Å². The van der Waals surface area contributed by atoms with Crippen molar-refractivity contribution in [2.24, 2.45) is 0 Å². The van der Waals surface area contributed by atoms with Crippen molar-refractivity contribution in [1.29, 1.82) is 0 Å². The molecule has 2 aliphatic heterocycles. The van der Waals surface area contributed by atoms with Crippen LogP contribution in [-0.4, -0.2) is 50.6 Å². The molecule has 2 aliphatic rings. The number of halogens is 2. The maximum atomic E-state index is 13.8. The van der Waals surface area contributed by atoms with Crippen LogP contribution in [0.4, 0.5) is 14.5 Å². The topological polar surface area (TPSA) is 114 Å². The van der Waals surface area contributed by atoms with Crippen LogP contribution in [0.2, 0.25) is 0 Å². The van der Waals surface area contributed by atoms with Crippen LogP contribution in [0.15, 0.2) is 36.4 Å². The third kappa shape index (κ3) is 5.43. The number of sulfonamides is 1. The second-order valence-electron chi connectivity index (χ2n) is 8.25. The highest BCUT2D eigenvalue weighted by Gasteiger charge is 2.46. The summed E-state index contributed by atoms with van der Waals surface area (Å²) in [5.41, 5.74) is 1.19. The number of carbonyl (C=O) groups is 1. The summed E-state index contributed by atoms with van der Waals surface area (Å²) in [6, 6.07) is 7.95. The zero-order valence-electron chi connectivity index (χ0n) is 17.8. The number of hydrogen-bond acceptors (Lipinski definition) is 6. The monoisotopic (exact) mass is 482 g/mol. The summed E-state index contributed by atoms with van der Waals surface area (Å²) in [6.07, 6.45) is -0.298. The summed E-state index contributed by atoms with van der Waals surface area (Å²) in [5, 5.41) is 12.4. The van der Waals surface area contributed by atoms with Crippen LogP contribution in [0.25, 0.3) is 0 Å². The minimum Gasteiger partial charge on any atom is -0.487 e. The van der Waals surface area contributed by atoms with Gasteiger partial charge in [-0.05, 0) is 42.8 Å². The van der Waals surface area contributed by atoms with E-state index in [1.165, 1.54) is 0 Å². The minimum absolute atomic E-state index is 0.0326. The fourth-order valence-corrected chi connectivity index (χ4v) is 4.87. The Morgan fingerprint density at radius 1 is 1.21 bits per heavy atom. The fraction of sp³-hybridized carbons (Fsp3) is 0.409. The molecule has 4 rings (SSSR count). The van der Waals surface area contributed by atoms with Gasteiger partial charge in [-0.2, -0.15) is 0 Å². The SMILES string of the molecule is CS(=O)(=O)Nc1ccc2c(c1)[C@H]1C[C@@H](CC(=O)NCc3cc(F)ccc3F)O[C@H](CO)[C@H]1O2. The van der Waals surface area contributed by atoms with Gasteiger partial charge in [-0.25, -0.2) is 17.2 Å². The molecular formula is C22H24F2N2O6S. The highest BCUT2D eigenvalue weighted by atomic mass is 32.2. The molecule has 3 N–H and O–H groups in total. The average molecular weight is 483 g/mol. The Morgan fingerprint density at radius 3 is 2.73 bits per heavy atom. The molecule has 8 nitrogen and oxygen atoms in total. The first-order chi connectivity index (χ1) is 15.6. The van der Waals surface area contributed by atoms with E-state index in [0.717, 1.165) is 30.0 Å². The van der Waals surface area contributed by atoms with Crippen LogP contribution in [0.3, 0.4) is 0 Å². The van der Waals surface area contributed by atoms with Crippen LogP contribution >= 0.6 is 0 Å². The van der Waals surface area contributed by atoms with Gasteiger partial charge in [0.1, 0.15) is 29.6 Å². The highest BCUT2D eigenvalue weighted by Crippen LogP contribution is 2.47. The van der Waals surface area contributed by atoms with Crippen molar-refractivity contribution in [2.75, 3.05) is 17.6 Å². The Kier molecular flexibility index (Phi) is 6.55. The highest BCUT2D eigenvalue weighted by molar-refractivity contribution is 7.92. The summed E-state index contributed by atoms with van der Waals surface area (Å²) in [4.78, 5) is 12.4. The molecule has 11 heteroatoms. The molecule has 0 spiro atoms. The number of hydrogen-bond donors (Lipinski definition) is 3. The normalized spacial score (nSPS) is 23.9. The van der Waals surface area contributed by atoms with Gasteiger partial charge in [0, 0.05) is 29.3 Å². The van der Waals surface area contributed by atoms with Crippen molar-refractivity contribution >= 4 is 21.6 Å². The molecule has 178 valence electrons. The van der Waals surface area contributed by atoms with Gasteiger partial charge in [0.2, 0.25) is 15.9 Å². The molecule has 2 heterocycles. The Hall–Kier alpha value is -2.76. The number of ether oxygens (including phenoxy) is 2. The Labute approximate surface area is 190 Å². The van der Waals surface area contributed by atoms with E-state index in [4.69, 9.17) is 9.47 Å². The number of fused-ring (bicyclic) bond motifs is 3. The molecule has 2 aromatic carbocycles. The van der Waals surface area contributed by atoms with E-state index in [1.807, 2.05) is 0 Å². The van der Waals surface area contributed by atoms with Gasteiger partial charge in [0.25, 0.3) is 0 Å². The quantitative estimate of drug-likeness (QED) is 0.557. The Morgan fingerprint density at radius 2 is 2.00 bits per heavy atom. The molecule has 4 atom stereocenters. The van der Waals surface area contributed by atoms with Crippen molar-refractivity contribution in [2.45, 2.75) is 43.6 Å². The number of nitrogens with one attached hydrogen (secondary N) is 2. The van der Waals surface area contributed by atoms with Crippen molar-refractivity contribution in [3.05, 3.63) is 59.2 Å². The predicted octanol–water partition coefficient (Wildman–Crippen LogP) is 2.04. The molecule has 0 radical (unpaired) electrons. The number of rotatable bonds is 7. The molecule has 0 aromatic heterocycles. The van der Waals surface area contributed by atoms with Gasteiger partial charge >= 0.3 is 0 Å². The van der Waals surface area contributed by atoms with E-state index in [9.17, 15) is 27.1 Å². The number of carbonyl (C=O) groups excluding carboxylic acids is 1. The van der Waals surface area contributed by atoms with E-state index < -0.39 is 45.9 Å². The van der Waals surface area contributed by atoms with Crippen LogP contribution in [0.1, 0.15) is 29.9 Å². The molecule has 0 saturated carbocycles. The van der Waals surface area contributed by atoms with E-state index >= 15 is 0 Å². The summed E-state index contributed by atoms with van der Waals surface area (Å²) >= 11 is 0. The molecule has 0 aliphatic carbocycles. The molecule has 1 saturated heterocycles. The second-order valence-corrected chi connectivity index (χ2v) is 10.00. The van der Waals surface area contributed by atoms with Crippen molar-refractivity contribution in [1.82, 2.24) is 5.32 Å². The molecule has 0 unspecified atom stereocenters. The number of aliphatic hydroxyl groups is 1. The summed E-state index contributed by atoms with van der Waals surface area (Å²) < 4.78 is 64.5. The van der Waals surface area contributed by atoms with E-state index in [0.29, 0.717) is 17.9 Å². The number of benzene rings is 2. The minimum atomic E-state index is -3.46. The third-order valence-electron chi connectivity index (χ3n) is 5.70. The van der Waals surface area contributed by atoms with Crippen molar-refractivity contribution < 1.29 is 36.6 Å². The molecule has 2 aromatic rings. The lowest BCUT2D eigenvalue weighted by Crippen LogP contribution is -2.47. The van der Waals surface area contributed by atoms with Crippen LogP contribution < -0.4 is 14.8 Å². The van der Waals surface area contributed by atoms with Gasteiger partial charge in [-0.1, -0.05) is 0 Å². The molecule has 0 bridgehead atoms. The lowest BCUT2D eigenvalue weighted by molar-refractivity contribution is -0.142. The number of aliphatic hydroxyl groups excluding tert-OH is 1. The first-order valence-electron chi connectivity index (χ1n) is 10.4. The smallest absolute Gasteiger partial charge is 0.229 e. The van der Waals surface area contributed by atoms with Crippen LogP contribution in [-0.2, 0) is 26.1 Å². The van der Waals surface area contributed by atoms with E-state index in [1.54, 1.807) is 18.2 Å². The largest absolute Gasteiger partial charge is 0.487 e. The lowest BCUT2D eigenvalue weighted by Gasteiger charge is -2.37. The summed E-state index contributed by atoms with van der Waals surface area (Å²) in [7, 11) is -3.46. The van der Waals surface area contributed by atoms with E-state index in [-0.39, 0.29) is 31.1 Å². The molecular weight excluding hydrogens is 458 g/mol. The van der Waals surface area contributed by atoms with Gasteiger partial charge in [-0.15, -0.1) is 0 Å². The fourth-order valence-electron chi connectivity index (χ4n) is 4.32. The Bertz CT molecular complexity index is 1160. The number of anilines is 1. The van der Waals surface area contributed by atoms with Gasteiger partial charge in [-0.3, -0.25) is 9.52 Å². The average Bonchev–Trinajstić information content (AvgIpc) is 3.10. The summed E-state index contributed by atoms with van der Waals surface area (Å²) in [5.74, 6) is -1.28.